The van der Waals surface area contributed by atoms with Crippen LogP contribution in [-0.2, 0) is 0 Å². The second-order valence-corrected chi connectivity index (χ2v) is 4.56. The number of para-hydroxylation sites is 1. The molecular weight excluding hydrogens is 242 g/mol. The molecule has 0 spiro atoms. The number of pyridine rings is 1. The Morgan fingerprint density at radius 3 is 3.00 bits per heavy atom. The number of nitrogens with zero attached hydrogens (tertiary/aromatic N) is 1. The number of thiocarbonyl (C=S) groups is 1. The summed E-state index contributed by atoms with van der Waals surface area (Å²) >= 11 is 5.22. The molecule has 0 fully saturated rings. The van der Waals surface area contributed by atoms with Crippen molar-refractivity contribution in [3.63, 3.8) is 0 Å². The number of aromatic nitrogens is 1. The molecule has 18 heavy (non-hydrogen) atoms. The molecule has 0 bridgehead atoms. The van der Waals surface area contributed by atoms with Crippen molar-refractivity contribution in [1.29, 1.82) is 0 Å². The lowest BCUT2D eigenvalue weighted by atomic mass is 10.2. The second-order valence-electron chi connectivity index (χ2n) is 4.15. The van der Waals surface area contributed by atoms with Crippen molar-refractivity contribution in [2.24, 2.45) is 0 Å². The lowest BCUT2D eigenvalue weighted by molar-refractivity contribution is 0.758. The topological polar surface area (TPSA) is 37.0 Å². The summed E-state index contributed by atoms with van der Waals surface area (Å²) in [5, 5.41) is 8.09. The third kappa shape index (κ3) is 3.40. The number of fused-ring (bicyclic) bond motifs is 1. The van der Waals surface area contributed by atoms with Crippen LogP contribution in [0.3, 0.4) is 0 Å². The van der Waals surface area contributed by atoms with Gasteiger partial charge >= 0.3 is 0 Å². The number of hydrogen-bond acceptors (Lipinski definition) is 2. The van der Waals surface area contributed by atoms with Crippen LogP contribution in [-0.4, -0.2) is 16.6 Å². The minimum Gasteiger partial charge on any atom is -0.362 e. The Morgan fingerprint density at radius 2 is 2.17 bits per heavy atom. The van der Waals surface area contributed by atoms with E-state index in [1.54, 1.807) is 6.20 Å². The number of hydrogen-bond donors (Lipinski definition) is 2. The van der Waals surface area contributed by atoms with Crippen molar-refractivity contribution in [3.05, 3.63) is 36.5 Å². The molecule has 2 rings (SSSR count). The number of benzene rings is 1. The minimum absolute atomic E-state index is 0.653. The molecule has 1 aromatic carbocycles. The van der Waals surface area contributed by atoms with Gasteiger partial charge in [-0.15, -0.1) is 0 Å². The predicted octanol–water partition coefficient (Wildman–Crippen LogP) is 3.32. The van der Waals surface area contributed by atoms with Gasteiger partial charge in [-0.3, -0.25) is 4.98 Å². The van der Waals surface area contributed by atoms with Crippen LogP contribution >= 0.6 is 12.2 Å². The van der Waals surface area contributed by atoms with Gasteiger partial charge in [-0.05, 0) is 30.8 Å². The van der Waals surface area contributed by atoms with Crippen LogP contribution in [0.15, 0.2) is 36.5 Å². The molecular formula is C14H17N3S. The van der Waals surface area contributed by atoms with Gasteiger partial charge in [0, 0.05) is 11.9 Å². The number of rotatable bonds is 4. The first kappa shape index (κ1) is 12.8. The van der Waals surface area contributed by atoms with Gasteiger partial charge in [0.25, 0.3) is 0 Å². The largest absolute Gasteiger partial charge is 0.362 e. The van der Waals surface area contributed by atoms with Crippen LogP contribution in [0.25, 0.3) is 10.9 Å². The molecule has 94 valence electrons. The zero-order valence-corrected chi connectivity index (χ0v) is 11.3. The predicted molar refractivity (Wildman–Crippen MR) is 80.9 cm³/mol. The van der Waals surface area contributed by atoms with E-state index in [0.29, 0.717) is 5.11 Å². The van der Waals surface area contributed by atoms with Gasteiger partial charge in [-0.2, -0.15) is 0 Å². The van der Waals surface area contributed by atoms with E-state index in [-0.39, 0.29) is 0 Å². The summed E-state index contributed by atoms with van der Waals surface area (Å²) in [6.45, 7) is 3.06. The highest BCUT2D eigenvalue weighted by atomic mass is 32.1. The molecule has 1 aromatic heterocycles. The van der Waals surface area contributed by atoms with E-state index in [1.807, 2.05) is 24.3 Å². The van der Waals surface area contributed by atoms with Gasteiger partial charge < -0.3 is 10.6 Å². The van der Waals surface area contributed by atoms with Crippen molar-refractivity contribution < 1.29 is 0 Å². The molecule has 0 aliphatic carbocycles. The van der Waals surface area contributed by atoms with Gasteiger partial charge in [-0.25, -0.2) is 0 Å². The fourth-order valence-corrected chi connectivity index (χ4v) is 1.91. The smallest absolute Gasteiger partial charge is 0.170 e. The molecule has 0 aliphatic rings. The van der Waals surface area contributed by atoms with E-state index >= 15 is 0 Å². The van der Waals surface area contributed by atoms with E-state index in [4.69, 9.17) is 12.2 Å². The third-order valence-corrected chi connectivity index (χ3v) is 2.91. The second kappa shape index (κ2) is 6.31. The van der Waals surface area contributed by atoms with Crippen LogP contribution < -0.4 is 10.6 Å². The van der Waals surface area contributed by atoms with Crippen molar-refractivity contribution in [2.75, 3.05) is 11.9 Å². The summed E-state index contributed by atoms with van der Waals surface area (Å²) in [5.74, 6) is 0. The summed E-state index contributed by atoms with van der Waals surface area (Å²) in [6, 6.07) is 10.1. The van der Waals surface area contributed by atoms with E-state index in [0.717, 1.165) is 36.0 Å². The molecule has 2 aromatic rings. The van der Waals surface area contributed by atoms with Gasteiger partial charge in [0.2, 0.25) is 0 Å². The summed E-state index contributed by atoms with van der Waals surface area (Å²) in [6.07, 6.45) is 4.08. The van der Waals surface area contributed by atoms with Crippen LogP contribution in [0.1, 0.15) is 19.8 Å². The van der Waals surface area contributed by atoms with Crippen LogP contribution in [0.4, 0.5) is 5.69 Å². The fourth-order valence-electron chi connectivity index (χ4n) is 1.69. The van der Waals surface area contributed by atoms with E-state index in [9.17, 15) is 0 Å². The molecule has 0 atom stereocenters. The molecule has 3 nitrogen and oxygen atoms in total. The Morgan fingerprint density at radius 1 is 1.33 bits per heavy atom. The van der Waals surface area contributed by atoms with Crippen molar-refractivity contribution in [1.82, 2.24) is 10.3 Å². The molecule has 4 heteroatoms. The maximum absolute atomic E-state index is 5.22. The van der Waals surface area contributed by atoms with Crippen LogP contribution in [0, 0.1) is 0 Å². The van der Waals surface area contributed by atoms with Crippen molar-refractivity contribution in [2.45, 2.75) is 19.8 Å². The van der Waals surface area contributed by atoms with Crippen molar-refractivity contribution >= 4 is 33.9 Å². The van der Waals surface area contributed by atoms with Crippen molar-refractivity contribution in [3.8, 4) is 0 Å². The average Bonchev–Trinajstić information content (AvgIpc) is 2.39. The Bertz CT molecular complexity index is 539. The molecule has 1 heterocycles. The normalized spacial score (nSPS) is 10.3. The third-order valence-electron chi connectivity index (χ3n) is 2.66. The summed E-state index contributed by atoms with van der Waals surface area (Å²) in [5.41, 5.74) is 1.91. The van der Waals surface area contributed by atoms with Gasteiger partial charge in [0.05, 0.1) is 17.4 Å². The maximum Gasteiger partial charge on any atom is 0.170 e. The summed E-state index contributed by atoms with van der Waals surface area (Å²) in [4.78, 5) is 4.38. The van der Waals surface area contributed by atoms with Gasteiger partial charge in [0.1, 0.15) is 0 Å². The Hall–Kier alpha value is -1.68. The first-order chi connectivity index (χ1) is 8.79. The first-order valence-corrected chi connectivity index (χ1v) is 6.60. The Kier molecular flexibility index (Phi) is 4.47. The van der Waals surface area contributed by atoms with Gasteiger partial charge in [0.15, 0.2) is 5.11 Å². The Balaban J connectivity index is 2.01. The number of unbranched alkanes of at least 4 members (excludes halogenated alkanes) is 1. The average molecular weight is 259 g/mol. The highest BCUT2D eigenvalue weighted by molar-refractivity contribution is 7.80. The quantitative estimate of drug-likeness (QED) is 0.652. The summed E-state index contributed by atoms with van der Waals surface area (Å²) < 4.78 is 0. The lowest BCUT2D eigenvalue weighted by Gasteiger charge is -2.10. The molecule has 0 radical (unpaired) electrons. The molecule has 0 saturated heterocycles. The minimum atomic E-state index is 0.653. The Labute approximate surface area is 113 Å². The highest BCUT2D eigenvalue weighted by Gasteiger charge is 1.99. The lowest BCUT2D eigenvalue weighted by Crippen LogP contribution is -2.29. The van der Waals surface area contributed by atoms with Crippen LogP contribution in [0.2, 0.25) is 0 Å². The van der Waals surface area contributed by atoms with E-state index in [2.05, 4.69) is 28.6 Å². The number of anilines is 1. The van der Waals surface area contributed by atoms with E-state index in [1.165, 1.54) is 0 Å². The summed E-state index contributed by atoms with van der Waals surface area (Å²) in [7, 11) is 0. The molecule has 0 saturated carbocycles. The SMILES string of the molecule is CCCCNC(=S)Nc1cnc2ccccc2c1. The van der Waals surface area contributed by atoms with Crippen LogP contribution in [0.5, 0.6) is 0 Å². The van der Waals surface area contributed by atoms with Gasteiger partial charge in [-0.1, -0.05) is 31.5 Å². The monoisotopic (exact) mass is 259 g/mol. The zero-order chi connectivity index (χ0) is 12.8. The standard InChI is InChI=1S/C14H17N3S/c1-2-3-8-15-14(18)17-12-9-11-6-4-5-7-13(11)16-10-12/h4-7,9-10H,2-3,8H2,1H3,(H2,15,17,18). The number of nitrogens with one attached hydrogen (secondary N) is 2. The molecule has 0 amide bonds. The van der Waals surface area contributed by atoms with E-state index < -0.39 is 0 Å². The molecule has 0 aliphatic heterocycles. The molecule has 0 unspecified atom stereocenters. The first-order valence-electron chi connectivity index (χ1n) is 6.19. The maximum atomic E-state index is 5.22. The zero-order valence-electron chi connectivity index (χ0n) is 10.4. The fraction of sp³-hybridized carbons (Fsp3) is 0.286. The highest BCUT2D eigenvalue weighted by Crippen LogP contribution is 2.15. The molecule has 2 N–H and O–H groups in total.